The van der Waals surface area contributed by atoms with E-state index in [-0.39, 0.29) is 18.6 Å². The van der Waals surface area contributed by atoms with E-state index in [4.69, 9.17) is 4.74 Å². The zero-order valence-electron chi connectivity index (χ0n) is 12.2. The largest absolute Gasteiger partial charge is 0.481 e. The number of aliphatic carboxylic acids is 1. The fourth-order valence-electron chi connectivity index (χ4n) is 2.63. The molecule has 1 aliphatic heterocycles. The molecule has 2 heterocycles. The number of carboxylic acid groups (broad SMARTS) is 1. The monoisotopic (exact) mass is 311 g/mol. The highest BCUT2D eigenvalue weighted by atomic mass is 32.1. The average Bonchev–Trinajstić information content (AvgIpc) is 3.12. The Kier molecular flexibility index (Phi) is 5.76. The van der Waals surface area contributed by atoms with Gasteiger partial charge in [-0.15, -0.1) is 11.3 Å². The number of amides is 1. The standard InChI is InChI=1S/C15H21NO4S/c1-2-7-16(13-10-20-9-12(13)15(18)19)14(17)6-5-11-4-3-8-21-11/h3-4,8,12-13H,2,5-7,9-10H2,1H3,(H,18,19). The van der Waals surface area contributed by atoms with E-state index in [9.17, 15) is 14.7 Å². The van der Waals surface area contributed by atoms with Crippen molar-refractivity contribution < 1.29 is 19.4 Å². The maximum atomic E-state index is 12.5. The predicted molar refractivity (Wildman–Crippen MR) is 80.4 cm³/mol. The molecule has 2 atom stereocenters. The van der Waals surface area contributed by atoms with Crippen LogP contribution in [0, 0.1) is 5.92 Å². The third-order valence-electron chi connectivity index (χ3n) is 3.72. The van der Waals surface area contributed by atoms with E-state index in [1.807, 2.05) is 24.4 Å². The van der Waals surface area contributed by atoms with Gasteiger partial charge in [-0.3, -0.25) is 9.59 Å². The molecule has 21 heavy (non-hydrogen) atoms. The van der Waals surface area contributed by atoms with E-state index in [1.54, 1.807) is 16.2 Å². The molecule has 2 unspecified atom stereocenters. The summed E-state index contributed by atoms with van der Waals surface area (Å²) in [7, 11) is 0. The van der Waals surface area contributed by atoms with Crippen LogP contribution in [0.25, 0.3) is 0 Å². The molecule has 0 bridgehead atoms. The molecule has 116 valence electrons. The first-order valence-electron chi connectivity index (χ1n) is 7.26. The normalized spacial score (nSPS) is 21.4. The molecule has 1 aromatic heterocycles. The van der Waals surface area contributed by atoms with Gasteiger partial charge in [0.2, 0.25) is 5.91 Å². The summed E-state index contributed by atoms with van der Waals surface area (Å²) in [6, 6.07) is 3.65. The minimum Gasteiger partial charge on any atom is -0.481 e. The van der Waals surface area contributed by atoms with Crippen molar-refractivity contribution in [1.82, 2.24) is 4.90 Å². The summed E-state index contributed by atoms with van der Waals surface area (Å²) in [4.78, 5) is 26.6. The summed E-state index contributed by atoms with van der Waals surface area (Å²) in [5.74, 6) is -1.47. The molecule has 5 nitrogen and oxygen atoms in total. The summed E-state index contributed by atoms with van der Waals surface area (Å²) in [5, 5.41) is 11.2. The molecule has 0 aliphatic carbocycles. The summed E-state index contributed by atoms with van der Waals surface area (Å²) < 4.78 is 5.29. The molecule has 0 saturated carbocycles. The Hall–Kier alpha value is -1.40. The topological polar surface area (TPSA) is 66.8 Å². The number of carbonyl (C=O) groups is 2. The van der Waals surface area contributed by atoms with Gasteiger partial charge < -0.3 is 14.7 Å². The van der Waals surface area contributed by atoms with Crippen molar-refractivity contribution in [2.45, 2.75) is 32.2 Å². The molecule has 2 rings (SSSR count). The van der Waals surface area contributed by atoms with Crippen molar-refractivity contribution in [2.24, 2.45) is 5.92 Å². The first-order valence-corrected chi connectivity index (χ1v) is 8.13. The Bertz CT molecular complexity index is 474. The molecule has 1 amide bonds. The van der Waals surface area contributed by atoms with Crippen LogP contribution in [0.15, 0.2) is 17.5 Å². The Morgan fingerprint density at radius 2 is 2.29 bits per heavy atom. The van der Waals surface area contributed by atoms with Gasteiger partial charge in [0.25, 0.3) is 0 Å². The van der Waals surface area contributed by atoms with Gasteiger partial charge >= 0.3 is 5.97 Å². The quantitative estimate of drug-likeness (QED) is 0.836. The third-order valence-corrected chi connectivity index (χ3v) is 4.65. The number of hydrogen-bond donors (Lipinski definition) is 1. The number of aryl methyl sites for hydroxylation is 1. The minimum atomic E-state index is -0.885. The summed E-state index contributed by atoms with van der Waals surface area (Å²) >= 11 is 1.64. The number of carboxylic acids is 1. The molecule has 0 spiro atoms. The second kappa shape index (κ2) is 7.56. The van der Waals surface area contributed by atoms with E-state index in [0.717, 1.165) is 6.42 Å². The fraction of sp³-hybridized carbons (Fsp3) is 0.600. The van der Waals surface area contributed by atoms with Crippen LogP contribution in [-0.4, -0.2) is 47.7 Å². The van der Waals surface area contributed by atoms with Gasteiger partial charge in [-0.2, -0.15) is 0 Å². The Balaban J connectivity index is 1.99. The van der Waals surface area contributed by atoms with Crippen LogP contribution in [0.5, 0.6) is 0 Å². The van der Waals surface area contributed by atoms with Crippen LogP contribution in [0.1, 0.15) is 24.6 Å². The van der Waals surface area contributed by atoms with Crippen LogP contribution in [0.2, 0.25) is 0 Å². The number of hydrogen-bond acceptors (Lipinski definition) is 4. The van der Waals surface area contributed by atoms with Crippen LogP contribution in [0.3, 0.4) is 0 Å². The van der Waals surface area contributed by atoms with E-state index in [1.165, 1.54) is 4.88 Å². The van der Waals surface area contributed by atoms with Crippen molar-refractivity contribution in [2.75, 3.05) is 19.8 Å². The van der Waals surface area contributed by atoms with Crippen molar-refractivity contribution in [3.05, 3.63) is 22.4 Å². The van der Waals surface area contributed by atoms with Crippen molar-refractivity contribution in [3.63, 3.8) is 0 Å². The highest BCUT2D eigenvalue weighted by molar-refractivity contribution is 7.09. The number of carbonyl (C=O) groups excluding carboxylic acids is 1. The maximum Gasteiger partial charge on any atom is 0.311 e. The number of thiophene rings is 1. The smallest absolute Gasteiger partial charge is 0.311 e. The Labute approximate surface area is 128 Å². The number of nitrogens with zero attached hydrogens (tertiary/aromatic N) is 1. The molecule has 1 fully saturated rings. The average molecular weight is 311 g/mol. The molecule has 1 saturated heterocycles. The molecule has 1 aliphatic rings. The molecule has 1 aromatic rings. The highest BCUT2D eigenvalue weighted by Crippen LogP contribution is 2.22. The predicted octanol–water partition coefficient (Wildman–Crippen LogP) is 2.02. The first-order chi connectivity index (χ1) is 10.1. The zero-order valence-corrected chi connectivity index (χ0v) is 13.0. The van der Waals surface area contributed by atoms with Gasteiger partial charge in [0, 0.05) is 17.8 Å². The van der Waals surface area contributed by atoms with E-state index in [0.29, 0.717) is 26.0 Å². The molecular formula is C15H21NO4S. The van der Waals surface area contributed by atoms with Gasteiger partial charge in [-0.05, 0) is 24.3 Å². The second-order valence-electron chi connectivity index (χ2n) is 5.22. The maximum absolute atomic E-state index is 12.5. The summed E-state index contributed by atoms with van der Waals surface area (Å²) in [6.45, 7) is 3.09. The molecular weight excluding hydrogens is 290 g/mol. The summed E-state index contributed by atoms with van der Waals surface area (Å²) in [5.41, 5.74) is 0. The molecule has 0 radical (unpaired) electrons. The van der Waals surface area contributed by atoms with Crippen LogP contribution >= 0.6 is 11.3 Å². The van der Waals surface area contributed by atoms with E-state index in [2.05, 4.69) is 0 Å². The minimum absolute atomic E-state index is 0.0204. The van der Waals surface area contributed by atoms with Gasteiger partial charge in [-0.1, -0.05) is 13.0 Å². The van der Waals surface area contributed by atoms with Crippen LogP contribution < -0.4 is 0 Å². The van der Waals surface area contributed by atoms with E-state index < -0.39 is 11.9 Å². The lowest BCUT2D eigenvalue weighted by molar-refractivity contribution is -0.145. The van der Waals surface area contributed by atoms with Crippen molar-refractivity contribution >= 4 is 23.2 Å². The zero-order chi connectivity index (χ0) is 15.2. The fourth-order valence-corrected chi connectivity index (χ4v) is 3.34. The Morgan fingerprint density at radius 3 is 2.90 bits per heavy atom. The number of rotatable bonds is 7. The second-order valence-corrected chi connectivity index (χ2v) is 6.25. The highest BCUT2D eigenvalue weighted by Gasteiger charge is 2.39. The molecule has 1 N–H and O–H groups in total. The lowest BCUT2D eigenvalue weighted by atomic mass is 10.0. The van der Waals surface area contributed by atoms with E-state index >= 15 is 0 Å². The lowest BCUT2D eigenvalue weighted by Crippen LogP contribution is -2.47. The molecule has 6 heteroatoms. The summed E-state index contributed by atoms with van der Waals surface area (Å²) in [6.07, 6.45) is 1.94. The van der Waals surface area contributed by atoms with Crippen LogP contribution in [-0.2, 0) is 20.7 Å². The van der Waals surface area contributed by atoms with Crippen molar-refractivity contribution in [3.8, 4) is 0 Å². The van der Waals surface area contributed by atoms with Gasteiger partial charge in [-0.25, -0.2) is 0 Å². The van der Waals surface area contributed by atoms with Gasteiger partial charge in [0.15, 0.2) is 0 Å². The van der Waals surface area contributed by atoms with Gasteiger partial charge in [0.05, 0.1) is 19.3 Å². The lowest BCUT2D eigenvalue weighted by Gasteiger charge is -2.30. The first kappa shape index (κ1) is 16.0. The number of ether oxygens (including phenoxy) is 1. The Morgan fingerprint density at radius 1 is 1.48 bits per heavy atom. The van der Waals surface area contributed by atoms with Crippen molar-refractivity contribution in [1.29, 1.82) is 0 Å². The molecule has 0 aromatic carbocycles. The third kappa shape index (κ3) is 4.04. The van der Waals surface area contributed by atoms with Gasteiger partial charge in [0.1, 0.15) is 5.92 Å². The van der Waals surface area contributed by atoms with Crippen LogP contribution in [0.4, 0.5) is 0 Å². The SMILES string of the molecule is CCCN(C(=O)CCc1cccs1)C1COCC1C(=O)O.